The van der Waals surface area contributed by atoms with Crippen LogP contribution in [0.1, 0.15) is 0 Å². The molecule has 0 aliphatic heterocycles. The normalized spacial score (nSPS) is 16.1. The summed E-state index contributed by atoms with van der Waals surface area (Å²) < 4.78 is 106. The van der Waals surface area contributed by atoms with Gasteiger partial charge in [0.05, 0.1) is 0 Å². The molecule has 17 nitrogen and oxygen atoms in total. The minimum Gasteiger partial charge on any atom is -0.416 e. The van der Waals surface area contributed by atoms with Crippen LogP contribution in [-0.2, 0) is 66.2 Å². The molecule has 0 aromatic heterocycles. The quantitative estimate of drug-likeness (QED) is 0.0650. The van der Waals surface area contributed by atoms with E-state index in [4.69, 9.17) is 66.2 Å². The maximum Gasteiger partial charge on any atom is 0.322 e. The van der Waals surface area contributed by atoms with E-state index >= 15 is 0 Å². The predicted octanol–water partition coefficient (Wildman–Crippen LogP) is 11.1. The van der Waals surface area contributed by atoms with Gasteiger partial charge in [-0.05, 0) is 210 Å². The lowest BCUT2D eigenvalue weighted by atomic mass is 11.8. The highest BCUT2D eigenvalue weighted by Crippen LogP contribution is 2.33. The maximum atomic E-state index is 10.4. The van der Waals surface area contributed by atoms with E-state index in [0.717, 1.165) is 0 Å². The Morgan fingerprint density at radius 3 is 0.348 bits per heavy atom. The molecule has 0 aliphatic rings. The average Bonchev–Trinajstić information content (AvgIpc) is 2.80. The Balaban J connectivity index is 5.72. The van der Waals surface area contributed by atoms with E-state index in [0.29, 0.717) is 0 Å². The van der Waals surface area contributed by atoms with E-state index < -0.39 is 137 Å². The lowest BCUT2D eigenvalue weighted by molar-refractivity contribution is 0.247. The van der Waals surface area contributed by atoms with Gasteiger partial charge >= 0.3 is 137 Å². The van der Waals surface area contributed by atoms with E-state index in [1.165, 1.54) is 0 Å². The smallest absolute Gasteiger partial charge is 0.322 e. The second-order valence-corrected chi connectivity index (χ2v) is 81.7. The minimum absolute atomic E-state index is 1.69. The molecule has 0 saturated heterocycles. The van der Waals surface area contributed by atoms with Gasteiger partial charge in [0, 0.05) is 7.11 Å². The standard InChI is InChI=1S/C33H100O17Si16/c1-35-52(4,5)37-54(8,9)39-56(12,13)41-58(16,17)43-60(20,21)45-62(24,25)47-64(28,29)49-66(32,33)50-65(30,31)48-63(26,27)46-61(22,23)44-59(18,19)42-57(14,15)40-55(10,11)38-53(6,7)36-51(2,3)34/h34H,1-33H3. The van der Waals surface area contributed by atoms with Crippen LogP contribution in [0.5, 0.6) is 0 Å². The van der Waals surface area contributed by atoms with Crippen molar-refractivity contribution in [1.29, 1.82) is 0 Å². The Morgan fingerprint density at radius 2 is 0.258 bits per heavy atom. The summed E-state index contributed by atoms with van der Waals surface area (Å²) in [6.45, 7) is 64.4. The molecule has 0 unspecified atom stereocenters. The van der Waals surface area contributed by atoms with Crippen molar-refractivity contribution >= 4 is 137 Å². The zero-order valence-corrected chi connectivity index (χ0v) is 64.0. The van der Waals surface area contributed by atoms with Gasteiger partial charge in [-0.2, -0.15) is 0 Å². The summed E-state index contributed by atoms with van der Waals surface area (Å²) in [5.74, 6) is 0. The van der Waals surface area contributed by atoms with Crippen LogP contribution in [0.15, 0.2) is 0 Å². The van der Waals surface area contributed by atoms with Gasteiger partial charge in [-0.1, -0.05) is 0 Å². The summed E-state index contributed by atoms with van der Waals surface area (Å²) in [6, 6.07) is 0. The molecule has 398 valence electrons. The van der Waals surface area contributed by atoms with Gasteiger partial charge in [0.1, 0.15) is 0 Å². The van der Waals surface area contributed by atoms with Crippen molar-refractivity contribution in [3.8, 4) is 0 Å². The molecule has 0 amide bonds. The van der Waals surface area contributed by atoms with E-state index in [1.807, 2.05) is 196 Å². The van der Waals surface area contributed by atoms with Crippen LogP contribution in [-0.4, -0.2) is 149 Å². The lowest BCUT2D eigenvalue weighted by Gasteiger charge is -2.45. The van der Waals surface area contributed by atoms with Crippen LogP contribution in [0.3, 0.4) is 0 Å². The first kappa shape index (κ1) is 68.8. The Labute approximate surface area is 421 Å². The Bertz CT molecular complexity index is 1550. The summed E-state index contributed by atoms with van der Waals surface area (Å²) in [5.41, 5.74) is 0. The molecule has 33 heteroatoms. The van der Waals surface area contributed by atoms with Crippen LogP contribution in [0.25, 0.3) is 0 Å². The molecule has 66 heavy (non-hydrogen) atoms. The number of hydrogen-bond donors (Lipinski definition) is 1. The highest BCUT2D eigenvalue weighted by molar-refractivity contribution is 6.95. The molecular formula is C33H100O17Si16. The zero-order chi connectivity index (χ0) is 53.3. The fourth-order valence-electron chi connectivity index (χ4n) is 9.22. The summed E-state index contributed by atoms with van der Waals surface area (Å²) in [6.07, 6.45) is 0. The molecule has 1 N–H and O–H groups in total. The molecule has 0 heterocycles. The van der Waals surface area contributed by atoms with Gasteiger partial charge in [0.15, 0.2) is 0 Å². The number of hydrogen-bond acceptors (Lipinski definition) is 17. The van der Waals surface area contributed by atoms with Crippen molar-refractivity contribution in [3.05, 3.63) is 0 Å². The van der Waals surface area contributed by atoms with Gasteiger partial charge in [-0.25, -0.2) is 0 Å². The van der Waals surface area contributed by atoms with Crippen LogP contribution in [0.4, 0.5) is 0 Å². The average molecular weight is 1220 g/mol. The Kier molecular flexibility index (Phi) is 23.9. The van der Waals surface area contributed by atoms with Gasteiger partial charge in [-0.15, -0.1) is 0 Å². The highest BCUT2D eigenvalue weighted by atomic mass is 28.5. The van der Waals surface area contributed by atoms with Gasteiger partial charge in [0.2, 0.25) is 0 Å². The van der Waals surface area contributed by atoms with Crippen LogP contribution < -0.4 is 0 Å². The molecule has 0 bridgehead atoms. The molecule has 0 fully saturated rings. The Morgan fingerprint density at radius 1 is 0.167 bits per heavy atom. The molecule has 0 aromatic rings. The van der Waals surface area contributed by atoms with E-state index in [-0.39, 0.29) is 0 Å². The maximum absolute atomic E-state index is 10.4. The Hall–Kier alpha value is 2.79. The topological polar surface area (TPSA) is 168 Å². The SMILES string of the molecule is CO[Si](C)(C)O[Si](C)(C)O[Si](C)(C)O[Si](C)(C)O[Si](C)(C)O[Si](C)(C)O[Si](C)(C)O[Si](C)(C)O[Si](C)(C)O[Si](C)(C)O[Si](C)(C)O[Si](C)(C)O[Si](C)(C)O[Si](C)(C)O[Si](C)(C)O[Si](C)(C)O. The van der Waals surface area contributed by atoms with E-state index in [1.54, 1.807) is 20.2 Å². The fraction of sp³-hybridized carbons (Fsp3) is 1.00. The highest BCUT2D eigenvalue weighted by Gasteiger charge is 2.53. The first-order chi connectivity index (χ1) is 28.2. The van der Waals surface area contributed by atoms with Crippen molar-refractivity contribution < 1.29 is 70.9 Å². The molecule has 0 atom stereocenters. The molecule has 0 spiro atoms. The molecule has 0 aliphatic carbocycles. The van der Waals surface area contributed by atoms with E-state index in [2.05, 4.69) is 0 Å². The van der Waals surface area contributed by atoms with Crippen LogP contribution in [0.2, 0.25) is 210 Å². The van der Waals surface area contributed by atoms with Crippen LogP contribution in [0, 0.1) is 0 Å². The third kappa shape index (κ3) is 31.5. The summed E-state index contributed by atoms with van der Waals surface area (Å²) >= 11 is 0. The molecular weight excluding hydrogens is 1120 g/mol. The lowest BCUT2D eigenvalue weighted by Crippen LogP contribution is -2.63. The van der Waals surface area contributed by atoms with Gasteiger partial charge < -0.3 is 70.9 Å². The summed E-state index contributed by atoms with van der Waals surface area (Å²) in [7, 11) is -41.8. The summed E-state index contributed by atoms with van der Waals surface area (Å²) in [4.78, 5) is 10.4. The molecule has 0 aromatic carbocycles. The largest absolute Gasteiger partial charge is 0.416 e. The molecule has 0 radical (unpaired) electrons. The number of rotatable bonds is 31. The first-order valence-corrected chi connectivity index (χ1v) is 68.1. The zero-order valence-electron chi connectivity index (χ0n) is 48.0. The predicted molar refractivity (Wildman–Crippen MR) is 305 cm³/mol. The third-order valence-corrected chi connectivity index (χ3v) is 67.9. The molecule has 0 rings (SSSR count). The minimum atomic E-state index is -2.82. The van der Waals surface area contributed by atoms with Crippen molar-refractivity contribution in [2.75, 3.05) is 7.11 Å². The van der Waals surface area contributed by atoms with Crippen molar-refractivity contribution in [2.45, 2.75) is 210 Å². The van der Waals surface area contributed by atoms with Gasteiger partial charge in [0.25, 0.3) is 0 Å². The van der Waals surface area contributed by atoms with Crippen molar-refractivity contribution in [1.82, 2.24) is 0 Å². The summed E-state index contributed by atoms with van der Waals surface area (Å²) in [5, 5.41) is 0. The molecule has 0 saturated carbocycles. The fourth-order valence-corrected chi connectivity index (χ4v) is 88.2. The first-order valence-electron chi connectivity index (χ1n) is 23.0. The van der Waals surface area contributed by atoms with Crippen molar-refractivity contribution in [3.63, 3.8) is 0 Å². The van der Waals surface area contributed by atoms with Crippen LogP contribution >= 0.6 is 0 Å². The monoisotopic (exact) mass is 1220 g/mol. The van der Waals surface area contributed by atoms with E-state index in [9.17, 15) is 4.80 Å². The third-order valence-electron chi connectivity index (χ3n) is 7.87. The second kappa shape index (κ2) is 22.9. The van der Waals surface area contributed by atoms with Gasteiger partial charge in [-0.3, -0.25) is 0 Å². The van der Waals surface area contributed by atoms with Crippen molar-refractivity contribution in [2.24, 2.45) is 0 Å². The second-order valence-electron chi connectivity index (χ2n) is 24.2.